The van der Waals surface area contributed by atoms with Crippen molar-refractivity contribution in [2.45, 2.75) is 45.8 Å². The lowest BCUT2D eigenvalue weighted by Gasteiger charge is -2.43. The number of urea groups is 1. The van der Waals surface area contributed by atoms with Crippen LogP contribution in [-0.2, 0) is 4.74 Å². The molecular formula is C28H39N3O5. The standard InChI is InChI=1S/C28H39N3O5/c1-5-34-22-9-7-21(8-10-22)29-27(32)31(14-13-30-15-17-33-18-16-30)25-20-28(3,4)36-26-12-11-23(35-6-2)19-24(25)26/h7-12,19,25H,5-6,13-18,20H2,1-4H3,(H,29,32)/t25-/m1/s1. The van der Waals surface area contributed by atoms with Crippen molar-refractivity contribution in [3.05, 3.63) is 48.0 Å². The normalized spacial score (nSPS) is 19.1. The third-order valence-corrected chi connectivity index (χ3v) is 6.54. The molecule has 1 N–H and O–H groups in total. The van der Waals surface area contributed by atoms with E-state index in [-0.39, 0.29) is 12.1 Å². The van der Waals surface area contributed by atoms with Gasteiger partial charge < -0.3 is 29.2 Å². The molecule has 8 nitrogen and oxygen atoms in total. The predicted octanol–water partition coefficient (Wildman–Crippen LogP) is 4.95. The number of nitrogens with zero attached hydrogens (tertiary/aromatic N) is 2. The van der Waals surface area contributed by atoms with Crippen molar-refractivity contribution < 1.29 is 23.7 Å². The van der Waals surface area contributed by atoms with Crippen LogP contribution in [0.4, 0.5) is 10.5 Å². The SMILES string of the molecule is CCOc1ccc(NC(=O)N(CCN2CCOCC2)[C@@H]2CC(C)(C)Oc3ccc(OCC)cc32)cc1. The fourth-order valence-electron chi connectivity index (χ4n) is 4.80. The van der Waals surface area contributed by atoms with Gasteiger partial charge in [0.05, 0.1) is 32.5 Å². The van der Waals surface area contributed by atoms with Crippen molar-refractivity contribution in [2.75, 3.05) is 57.9 Å². The minimum absolute atomic E-state index is 0.136. The van der Waals surface area contributed by atoms with E-state index in [1.165, 1.54) is 0 Å². The van der Waals surface area contributed by atoms with Crippen LogP contribution in [0.3, 0.4) is 0 Å². The molecule has 4 rings (SSSR count). The summed E-state index contributed by atoms with van der Waals surface area (Å²) in [5.41, 5.74) is 1.29. The number of benzene rings is 2. The lowest BCUT2D eigenvalue weighted by atomic mass is 9.88. The van der Waals surface area contributed by atoms with E-state index in [1.54, 1.807) is 0 Å². The molecule has 36 heavy (non-hydrogen) atoms. The summed E-state index contributed by atoms with van der Waals surface area (Å²) in [4.78, 5) is 18.1. The molecular weight excluding hydrogens is 458 g/mol. The van der Waals surface area contributed by atoms with Crippen LogP contribution in [0.25, 0.3) is 0 Å². The molecule has 0 unspecified atom stereocenters. The molecule has 196 valence electrons. The summed E-state index contributed by atoms with van der Waals surface area (Å²) in [5.74, 6) is 2.36. The quantitative estimate of drug-likeness (QED) is 0.528. The van der Waals surface area contributed by atoms with E-state index in [4.69, 9.17) is 18.9 Å². The van der Waals surface area contributed by atoms with Gasteiger partial charge in [-0.25, -0.2) is 4.79 Å². The number of amides is 2. The molecule has 2 aliphatic heterocycles. The summed E-state index contributed by atoms with van der Waals surface area (Å²) >= 11 is 0. The Morgan fingerprint density at radius 1 is 1.06 bits per heavy atom. The third-order valence-electron chi connectivity index (χ3n) is 6.54. The second kappa shape index (κ2) is 11.8. The van der Waals surface area contributed by atoms with Crippen molar-refractivity contribution in [3.8, 4) is 17.2 Å². The van der Waals surface area contributed by atoms with Crippen LogP contribution in [0.5, 0.6) is 17.2 Å². The Labute approximate surface area is 214 Å². The number of fused-ring (bicyclic) bond motifs is 1. The number of hydrogen-bond acceptors (Lipinski definition) is 6. The van der Waals surface area contributed by atoms with Crippen LogP contribution in [0.1, 0.15) is 45.7 Å². The molecule has 0 saturated carbocycles. The first-order chi connectivity index (χ1) is 17.4. The van der Waals surface area contributed by atoms with Crippen molar-refractivity contribution in [3.63, 3.8) is 0 Å². The number of carbonyl (C=O) groups excluding carboxylic acids is 1. The van der Waals surface area contributed by atoms with Crippen molar-refractivity contribution >= 4 is 11.7 Å². The summed E-state index contributed by atoms with van der Waals surface area (Å²) in [5, 5.41) is 3.11. The van der Waals surface area contributed by atoms with E-state index in [0.29, 0.717) is 26.2 Å². The maximum Gasteiger partial charge on any atom is 0.322 e. The Morgan fingerprint density at radius 2 is 1.72 bits per heavy atom. The zero-order valence-corrected chi connectivity index (χ0v) is 21.9. The van der Waals surface area contributed by atoms with Gasteiger partial charge in [-0.3, -0.25) is 4.90 Å². The Morgan fingerprint density at radius 3 is 2.42 bits per heavy atom. The first-order valence-corrected chi connectivity index (χ1v) is 12.9. The zero-order chi connectivity index (χ0) is 25.5. The molecule has 1 saturated heterocycles. The molecule has 0 radical (unpaired) electrons. The molecule has 2 amide bonds. The van der Waals surface area contributed by atoms with Crippen LogP contribution in [0.2, 0.25) is 0 Å². The highest BCUT2D eigenvalue weighted by molar-refractivity contribution is 5.89. The average molecular weight is 498 g/mol. The monoisotopic (exact) mass is 497 g/mol. The smallest absolute Gasteiger partial charge is 0.322 e. The highest BCUT2D eigenvalue weighted by Crippen LogP contribution is 2.44. The van der Waals surface area contributed by atoms with E-state index in [0.717, 1.165) is 61.3 Å². The summed E-state index contributed by atoms with van der Waals surface area (Å²) in [7, 11) is 0. The Hall–Kier alpha value is -2.97. The highest BCUT2D eigenvalue weighted by Gasteiger charge is 2.39. The maximum absolute atomic E-state index is 13.8. The van der Waals surface area contributed by atoms with Gasteiger partial charge >= 0.3 is 6.03 Å². The summed E-state index contributed by atoms with van der Waals surface area (Å²) in [6.45, 7) is 13.8. The second-order valence-electron chi connectivity index (χ2n) is 9.75. The van der Waals surface area contributed by atoms with E-state index < -0.39 is 5.60 Å². The summed E-state index contributed by atoms with van der Waals surface area (Å²) in [6, 6.07) is 13.1. The average Bonchev–Trinajstić information content (AvgIpc) is 2.86. The van der Waals surface area contributed by atoms with Gasteiger partial charge in [0, 0.05) is 43.9 Å². The van der Waals surface area contributed by atoms with Gasteiger partial charge in [0.15, 0.2) is 0 Å². The number of hydrogen-bond donors (Lipinski definition) is 1. The lowest BCUT2D eigenvalue weighted by molar-refractivity contribution is 0.0226. The van der Waals surface area contributed by atoms with Crippen LogP contribution < -0.4 is 19.5 Å². The van der Waals surface area contributed by atoms with Gasteiger partial charge in [-0.2, -0.15) is 0 Å². The number of nitrogens with one attached hydrogen (secondary N) is 1. The van der Waals surface area contributed by atoms with Gasteiger partial charge in [-0.05, 0) is 70.2 Å². The van der Waals surface area contributed by atoms with Crippen LogP contribution in [0.15, 0.2) is 42.5 Å². The first kappa shape index (κ1) is 26.1. The maximum atomic E-state index is 13.8. The molecule has 2 aromatic carbocycles. The largest absolute Gasteiger partial charge is 0.494 e. The van der Waals surface area contributed by atoms with Gasteiger partial charge in [-0.15, -0.1) is 0 Å². The molecule has 0 spiro atoms. The van der Waals surface area contributed by atoms with E-state index in [9.17, 15) is 4.79 Å². The van der Waals surface area contributed by atoms with Crippen molar-refractivity contribution in [2.24, 2.45) is 0 Å². The lowest BCUT2D eigenvalue weighted by Crippen LogP contribution is -2.48. The van der Waals surface area contributed by atoms with Gasteiger partial charge in [0.25, 0.3) is 0 Å². The molecule has 1 atom stereocenters. The predicted molar refractivity (Wildman–Crippen MR) is 140 cm³/mol. The van der Waals surface area contributed by atoms with E-state index >= 15 is 0 Å². The first-order valence-electron chi connectivity index (χ1n) is 12.9. The number of carbonyl (C=O) groups is 1. The molecule has 0 aliphatic carbocycles. The Bertz CT molecular complexity index is 1000. The van der Waals surface area contributed by atoms with E-state index in [2.05, 4.69) is 24.1 Å². The molecule has 2 aliphatic rings. The summed E-state index contributed by atoms with van der Waals surface area (Å²) < 4.78 is 23.1. The highest BCUT2D eigenvalue weighted by atomic mass is 16.5. The van der Waals surface area contributed by atoms with Gasteiger partial charge in [0.2, 0.25) is 0 Å². The number of anilines is 1. The number of rotatable bonds is 9. The molecule has 8 heteroatoms. The topological polar surface area (TPSA) is 72.5 Å². The molecule has 0 aromatic heterocycles. The molecule has 2 aromatic rings. The molecule has 2 heterocycles. The molecule has 0 bridgehead atoms. The van der Waals surface area contributed by atoms with E-state index in [1.807, 2.05) is 61.2 Å². The van der Waals surface area contributed by atoms with Crippen molar-refractivity contribution in [1.29, 1.82) is 0 Å². The fourth-order valence-corrected chi connectivity index (χ4v) is 4.80. The Kier molecular flexibility index (Phi) is 8.59. The van der Waals surface area contributed by atoms with Crippen LogP contribution in [-0.4, -0.2) is 74.0 Å². The van der Waals surface area contributed by atoms with Crippen LogP contribution in [0, 0.1) is 0 Å². The molecule has 1 fully saturated rings. The van der Waals surface area contributed by atoms with Crippen LogP contribution >= 0.6 is 0 Å². The fraction of sp³-hybridized carbons (Fsp3) is 0.536. The van der Waals surface area contributed by atoms with Gasteiger partial charge in [-0.1, -0.05) is 0 Å². The number of ether oxygens (including phenoxy) is 4. The van der Waals surface area contributed by atoms with Gasteiger partial charge in [0.1, 0.15) is 22.8 Å². The Balaban J connectivity index is 1.61. The summed E-state index contributed by atoms with van der Waals surface area (Å²) in [6.07, 6.45) is 0.676. The third kappa shape index (κ3) is 6.62. The van der Waals surface area contributed by atoms with Crippen molar-refractivity contribution in [1.82, 2.24) is 9.80 Å². The number of morpholine rings is 1. The minimum atomic E-state index is -0.415. The minimum Gasteiger partial charge on any atom is -0.494 e. The second-order valence-corrected chi connectivity index (χ2v) is 9.75. The zero-order valence-electron chi connectivity index (χ0n) is 21.9.